The van der Waals surface area contributed by atoms with Crippen LogP contribution in [0.1, 0.15) is 0 Å². The number of nitriles is 1. The molecule has 0 aromatic heterocycles. The molecular weight excluding hydrogens is 282 g/mol. The molecule has 0 radical (unpaired) electrons. The number of amides is 2. The summed E-state index contributed by atoms with van der Waals surface area (Å²) < 4.78 is 0. The second kappa shape index (κ2) is 6.31. The van der Waals surface area contributed by atoms with E-state index in [1.807, 2.05) is 11.5 Å². The van der Waals surface area contributed by atoms with Gasteiger partial charge in [0.2, 0.25) is 5.91 Å². The third-order valence-corrected chi connectivity index (χ3v) is 4.01. The first kappa shape index (κ1) is 13.5. The number of rotatable bonds is 3. The third kappa shape index (κ3) is 3.53. The predicted molar refractivity (Wildman–Crippen MR) is 75.9 cm³/mol. The number of hydrogen-bond donors (Lipinski definition) is 2. The first-order valence-electron chi connectivity index (χ1n) is 5.30. The van der Waals surface area contributed by atoms with E-state index in [0.717, 1.165) is 11.8 Å². The van der Waals surface area contributed by atoms with E-state index in [9.17, 15) is 9.59 Å². The Morgan fingerprint density at radius 1 is 1.42 bits per heavy atom. The lowest BCUT2D eigenvalue weighted by Gasteiger charge is -2.07. The lowest BCUT2D eigenvalue weighted by atomic mass is 10.3. The second-order valence-electron chi connectivity index (χ2n) is 3.51. The minimum absolute atomic E-state index is 0.163. The zero-order valence-electron chi connectivity index (χ0n) is 9.67. The molecule has 19 heavy (non-hydrogen) atoms. The van der Waals surface area contributed by atoms with Crippen LogP contribution in [0, 0.1) is 10.7 Å². The number of nitrogens with zero attached hydrogens (tertiary/aromatic N) is 1. The number of carbonyl (C=O) groups is 2. The van der Waals surface area contributed by atoms with Crippen molar-refractivity contribution in [2.24, 2.45) is 0 Å². The summed E-state index contributed by atoms with van der Waals surface area (Å²) in [6.45, 7) is 0. The lowest BCUT2D eigenvalue weighted by Crippen LogP contribution is -2.19. The quantitative estimate of drug-likeness (QED) is 0.656. The molecular formula is C12H9N3O2S2. The third-order valence-electron chi connectivity index (χ3n) is 2.19. The molecule has 1 fully saturated rings. The summed E-state index contributed by atoms with van der Waals surface area (Å²) in [5.74, 6) is -0.297. The Hall–Kier alpha value is -1.91. The normalized spacial score (nSPS) is 16.5. The molecule has 0 atom stereocenters. The number of carbonyl (C=O) groups excluding carboxylic acids is 2. The van der Waals surface area contributed by atoms with Gasteiger partial charge in [-0.25, -0.2) is 0 Å². The van der Waals surface area contributed by atoms with E-state index in [1.165, 1.54) is 11.8 Å². The van der Waals surface area contributed by atoms with E-state index < -0.39 is 5.91 Å². The molecule has 0 unspecified atom stereocenters. The van der Waals surface area contributed by atoms with Gasteiger partial charge in [-0.3, -0.25) is 9.59 Å². The number of hydrogen-bond acceptors (Lipinski definition) is 5. The molecule has 2 N–H and O–H groups in total. The van der Waals surface area contributed by atoms with Crippen molar-refractivity contribution in [1.82, 2.24) is 5.32 Å². The van der Waals surface area contributed by atoms with Crippen LogP contribution in [-0.2, 0) is 9.59 Å². The van der Waals surface area contributed by atoms with Crippen molar-refractivity contribution >= 4 is 41.0 Å². The highest BCUT2D eigenvalue weighted by Gasteiger charge is 2.24. The maximum Gasteiger partial charge on any atom is 0.265 e. The molecule has 7 heteroatoms. The fraction of sp³-hybridized carbons (Fsp3) is 0.0833. The van der Waals surface area contributed by atoms with Gasteiger partial charge in [0.05, 0.1) is 10.8 Å². The molecule has 0 spiro atoms. The van der Waals surface area contributed by atoms with Crippen molar-refractivity contribution in [2.75, 3.05) is 11.1 Å². The molecule has 96 valence electrons. The Morgan fingerprint density at radius 2 is 2.16 bits per heavy atom. The molecule has 1 aromatic carbocycles. The maximum absolute atomic E-state index is 12.1. The van der Waals surface area contributed by atoms with Crippen LogP contribution in [0.4, 0.5) is 5.69 Å². The number of anilines is 1. The summed E-state index contributed by atoms with van der Waals surface area (Å²) in [5, 5.41) is 16.3. The number of thiocyanates is 1. The molecule has 0 aliphatic carbocycles. The molecule has 2 rings (SSSR count). The van der Waals surface area contributed by atoms with Crippen molar-refractivity contribution in [1.29, 1.82) is 5.26 Å². The summed E-state index contributed by atoms with van der Waals surface area (Å²) >= 11 is 1.96. The average Bonchev–Trinajstić information content (AvgIpc) is 2.83. The molecule has 1 aliphatic heterocycles. The monoisotopic (exact) mass is 291 g/mol. The molecule has 1 heterocycles. The minimum Gasteiger partial charge on any atom is -0.321 e. The van der Waals surface area contributed by atoms with E-state index in [4.69, 9.17) is 5.26 Å². The zero-order chi connectivity index (χ0) is 13.7. The molecule has 5 nitrogen and oxygen atoms in total. The minimum atomic E-state index is -0.401. The van der Waals surface area contributed by atoms with Crippen molar-refractivity contribution in [2.45, 2.75) is 0 Å². The van der Waals surface area contributed by atoms with E-state index in [-0.39, 0.29) is 16.6 Å². The van der Waals surface area contributed by atoms with Crippen molar-refractivity contribution < 1.29 is 9.59 Å². The van der Waals surface area contributed by atoms with Gasteiger partial charge in [0.25, 0.3) is 5.91 Å². The van der Waals surface area contributed by atoms with Gasteiger partial charge in [0.1, 0.15) is 10.3 Å². The topological polar surface area (TPSA) is 82.0 Å². The highest BCUT2D eigenvalue weighted by atomic mass is 32.2. The van der Waals surface area contributed by atoms with Crippen molar-refractivity contribution in [3.63, 3.8) is 0 Å². The number of nitrogens with one attached hydrogen (secondary N) is 2. The van der Waals surface area contributed by atoms with Gasteiger partial charge >= 0.3 is 0 Å². The molecule has 0 bridgehead atoms. The first-order valence-corrected chi connectivity index (χ1v) is 7.10. The van der Waals surface area contributed by atoms with Gasteiger partial charge in [-0.15, -0.1) is 0 Å². The van der Waals surface area contributed by atoms with Crippen LogP contribution in [0.15, 0.2) is 40.3 Å². The van der Waals surface area contributed by atoms with Crippen LogP contribution >= 0.6 is 23.5 Å². The summed E-state index contributed by atoms with van der Waals surface area (Å²) in [6, 6.07) is 8.93. The summed E-state index contributed by atoms with van der Waals surface area (Å²) in [7, 11) is 0. The highest BCUT2D eigenvalue weighted by Crippen LogP contribution is 2.29. The van der Waals surface area contributed by atoms with Gasteiger partial charge in [0.15, 0.2) is 0 Å². The molecule has 1 aliphatic rings. The molecule has 0 saturated carbocycles. The Bertz CT molecular complexity index is 578. The van der Waals surface area contributed by atoms with Crippen LogP contribution in [0.25, 0.3) is 0 Å². The zero-order valence-corrected chi connectivity index (χ0v) is 11.3. The lowest BCUT2D eigenvalue weighted by molar-refractivity contribution is -0.117. The average molecular weight is 291 g/mol. The summed E-state index contributed by atoms with van der Waals surface area (Å²) in [4.78, 5) is 23.5. The van der Waals surface area contributed by atoms with Crippen molar-refractivity contribution in [3.8, 4) is 5.40 Å². The SMILES string of the molecule is N#CS/C(C(=O)Nc1ccccc1)=C1/NC(=O)CS1. The Balaban J connectivity index is 2.18. The molecule has 2 amide bonds. The number of thioether (sulfide) groups is 2. The fourth-order valence-electron chi connectivity index (χ4n) is 1.41. The number of benzene rings is 1. The fourth-order valence-corrected chi connectivity index (χ4v) is 2.85. The van der Waals surface area contributed by atoms with E-state index in [1.54, 1.807) is 24.3 Å². The standard InChI is InChI=1S/C12H9N3O2S2/c13-7-19-10(12-15-9(16)6-18-12)11(17)14-8-4-2-1-3-5-8/h1-5H,6H2,(H,14,17)(H,15,16)/b12-10-. The van der Waals surface area contributed by atoms with E-state index >= 15 is 0 Å². The second-order valence-corrected chi connectivity index (χ2v) is 5.29. The number of para-hydroxylation sites is 1. The van der Waals surface area contributed by atoms with Crippen LogP contribution in [0.2, 0.25) is 0 Å². The van der Waals surface area contributed by atoms with Crippen LogP contribution in [0.5, 0.6) is 0 Å². The Labute approximate surface area is 118 Å². The summed E-state index contributed by atoms with van der Waals surface area (Å²) in [5.41, 5.74) is 0.637. The van der Waals surface area contributed by atoms with Gasteiger partial charge in [0, 0.05) is 5.69 Å². The van der Waals surface area contributed by atoms with Crippen LogP contribution < -0.4 is 10.6 Å². The predicted octanol–water partition coefficient (Wildman–Crippen LogP) is 1.87. The van der Waals surface area contributed by atoms with Gasteiger partial charge in [-0.05, 0) is 23.9 Å². The first-order chi connectivity index (χ1) is 9.20. The van der Waals surface area contributed by atoms with Gasteiger partial charge < -0.3 is 10.6 Å². The smallest absolute Gasteiger partial charge is 0.265 e. The van der Waals surface area contributed by atoms with E-state index in [0.29, 0.717) is 10.7 Å². The van der Waals surface area contributed by atoms with Crippen LogP contribution in [0.3, 0.4) is 0 Å². The van der Waals surface area contributed by atoms with Gasteiger partial charge in [-0.2, -0.15) is 5.26 Å². The van der Waals surface area contributed by atoms with Crippen molar-refractivity contribution in [3.05, 3.63) is 40.3 Å². The van der Waals surface area contributed by atoms with E-state index in [2.05, 4.69) is 10.6 Å². The van der Waals surface area contributed by atoms with Gasteiger partial charge in [-0.1, -0.05) is 30.0 Å². The molecule has 1 saturated heterocycles. The highest BCUT2D eigenvalue weighted by molar-refractivity contribution is 8.10. The van der Waals surface area contributed by atoms with Crippen LogP contribution in [-0.4, -0.2) is 17.6 Å². The Morgan fingerprint density at radius 3 is 2.74 bits per heavy atom. The Kier molecular flexibility index (Phi) is 4.49. The maximum atomic E-state index is 12.1. The summed E-state index contributed by atoms with van der Waals surface area (Å²) in [6.07, 6.45) is 0. The largest absolute Gasteiger partial charge is 0.321 e. The molecule has 1 aromatic rings.